The Labute approximate surface area is 113 Å². The second-order valence-corrected chi connectivity index (χ2v) is 3.86. The normalized spacial score (nSPS) is 10.2. The van der Waals surface area contributed by atoms with Crippen LogP contribution in [0.5, 0.6) is 5.75 Å². The number of nitriles is 1. The van der Waals surface area contributed by atoms with Crippen LogP contribution < -0.4 is 4.74 Å². The molecule has 0 saturated heterocycles. The van der Waals surface area contributed by atoms with Crippen LogP contribution >= 0.6 is 0 Å². The Morgan fingerprint density at radius 2 is 1.95 bits per heavy atom. The molecular formula is C15H18N2O2. The van der Waals surface area contributed by atoms with Crippen molar-refractivity contribution in [3.63, 3.8) is 0 Å². The molecule has 4 heteroatoms. The highest BCUT2D eigenvalue weighted by molar-refractivity contribution is 5.91. The maximum Gasteiger partial charge on any atom is 0.246 e. The summed E-state index contributed by atoms with van der Waals surface area (Å²) in [4.78, 5) is 13.5. The largest absolute Gasteiger partial charge is 0.479 e. The van der Waals surface area contributed by atoms with E-state index in [1.807, 2.05) is 32.0 Å². The minimum absolute atomic E-state index is 0.00908. The first-order chi connectivity index (χ1) is 9.21. The molecule has 0 spiro atoms. The maximum absolute atomic E-state index is 11.8. The molecule has 1 amide bonds. The van der Waals surface area contributed by atoms with Gasteiger partial charge >= 0.3 is 0 Å². The number of hydrogen-bond acceptors (Lipinski definition) is 3. The lowest BCUT2D eigenvalue weighted by Gasteiger charge is -2.15. The number of carbonyl (C=O) groups excluding carboxylic acids is 1. The Kier molecular flexibility index (Phi) is 6.17. The minimum Gasteiger partial charge on any atom is -0.479 e. The van der Waals surface area contributed by atoms with Crippen molar-refractivity contribution in [2.45, 2.75) is 13.8 Å². The van der Waals surface area contributed by atoms with Gasteiger partial charge in [-0.15, -0.1) is 0 Å². The number of rotatable bonds is 6. The summed E-state index contributed by atoms with van der Waals surface area (Å²) in [6.07, 6.45) is 3.34. The van der Waals surface area contributed by atoms with Gasteiger partial charge in [0.1, 0.15) is 11.8 Å². The van der Waals surface area contributed by atoms with E-state index in [1.165, 1.54) is 0 Å². The topological polar surface area (TPSA) is 53.3 Å². The van der Waals surface area contributed by atoms with Crippen molar-refractivity contribution in [2.75, 3.05) is 19.7 Å². The summed E-state index contributed by atoms with van der Waals surface area (Å²) < 4.78 is 5.15. The summed E-state index contributed by atoms with van der Waals surface area (Å²) in [7, 11) is 0. The van der Waals surface area contributed by atoms with Crippen LogP contribution in [-0.4, -0.2) is 30.5 Å². The Bertz CT molecular complexity index is 468. The third-order valence-corrected chi connectivity index (χ3v) is 2.68. The molecule has 0 saturated carbocycles. The van der Waals surface area contributed by atoms with Gasteiger partial charge in [-0.1, -0.05) is 12.1 Å². The van der Waals surface area contributed by atoms with E-state index < -0.39 is 0 Å². The van der Waals surface area contributed by atoms with Gasteiger partial charge in [-0.05, 0) is 37.6 Å². The molecule has 4 nitrogen and oxygen atoms in total. The van der Waals surface area contributed by atoms with Crippen LogP contribution in [0, 0.1) is 11.3 Å². The van der Waals surface area contributed by atoms with Gasteiger partial charge in [0.25, 0.3) is 0 Å². The zero-order valence-corrected chi connectivity index (χ0v) is 11.3. The number of benzene rings is 1. The predicted molar refractivity (Wildman–Crippen MR) is 74.5 cm³/mol. The van der Waals surface area contributed by atoms with E-state index in [4.69, 9.17) is 10.00 Å². The summed E-state index contributed by atoms with van der Waals surface area (Å²) in [5, 5.41) is 8.40. The SMILES string of the molecule is CCN(CC)C(=O)C=Cc1ccc(OCC#N)cc1. The van der Waals surface area contributed by atoms with E-state index in [9.17, 15) is 4.79 Å². The second-order valence-electron chi connectivity index (χ2n) is 3.86. The fraction of sp³-hybridized carbons (Fsp3) is 0.333. The molecular weight excluding hydrogens is 240 g/mol. The Morgan fingerprint density at radius 1 is 1.32 bits per heavy atom. The summed E-state index contributed by atoms with van der Waals surface area (Å²) in [6.45, 7) is 5.37. The Hall–Kier alpha value is -2.28. The molecule has 1 aromatic carbocycles. The average molecular weight is 258 g/mol. The number of hydrogen-bond donors (Lipinski definition) is 0. The van der Waals surface area contributed by atoms with Crippen molar-refractivity contribution in [3.8, 4) is 11.8 Å². The van der Waals surface area contributed by atoms with Gasteiger partial charge in [-0.2, -0.15) is 5.26 Å². The average Bonchev–Trinajstić information content (AvgIpc) is 2.45. The predicted octanol–water partition coefficient (Wildman–Crippen LogP) is 2.47. The fourth-order valence-corrected chi connectivity index (χ4v) is 1.60. The molecule has 0 aliphatic rings. The van der Waals surface area contributed by atoms with E-state index >= 15 is 0 Å². The quantitative estimate of drug-likeness (QED) is 0.736. The van der Waals surface area contributed by atoms with Crippen LogP contribution in [-0.2, 0) is 4.79 Å². The lowest BCUT2D eigenvalue weighted by Crippen LogP contribution is -2.28. The molecule has 0 heterocycles. The smallest absolute Gasteiger partial charge is 0.246 e. The van der Waals surface area contributed by atoms with E-state index in [0.717, 1.165) is 5.56 Å². The molecule has 0 fully saturated rings. The number of nitrogens with zero attached hydrogens (tertiary/aromatic N) is 2. The molecule has 0 radical (unpaired) electrons. The Morgan fingerprint density at radius 3 is 2.47 bits per heavy atom. The summed E-state index contributed by atoms with van der Waals surface area (Å²) in [5.41, 5.74) is 0.921. The summed E-state index contributed by atoms with van der Waals surface area (Å²) in [6, 6.07) is 9.16. The first-order valence-electron chi connectivity index (χ1n) is 6.28. The van der Waals surface area contributed by atoms with Crippen molar-refractivity contribution in [1.29, 1.82) is 5.26 Å². The van der Waals surface area contributed by atoms with Gasteiger partial charge in [0.2, 0.25) is 5.91 Å². The summed E-state index contributed by atoms with van der Waals surface area (Å²) >= 11 is 0. The number of likely N-dealkylation sites (N-methyl/N-ethyl adjacent to an activating group) is 1. The maximum atomic E-state index is 11.8. The van der Waals surface area contributed by atoms with Crippen LogP contribution in [0.25, 0.3) is 6.08 Å². The van der Waals surface area contributed by atoms with Gasteiger partial charge in [0.05, 0.1) is 0 Å². The molecule has 0 aliphatic carbocycles. The van der Waals surface area contributed by atoms with Crippen molar-refractivity contribution < 1.29 is 9.53 Å². The number of carbonyl (C=O) groups is 1. The van der Waals surface area contributed by atoms with E-state index in [0.29, 0.717) is 18.8 Å². The molecule has 0 N–H and O–H groups in total. The summed E-state index contributed by atoms with van der Waals surface area (Å²) in [5.74, 6) is 0.656. The van der Waals surface area contributed by atoms with Crippen LogP contribution in [0.3, 0.4) is 0 Å². The molecule has 0 aromatic heterocycles. The van der Waals surface area contributed by atoms with Gasteiger partial charge in [0, 0.05) is 19.2 Å². The van der Waals surface area contributed by atoms with Crippen LogP contribution in [0.2, 0.25) is 0 Å². The standard InChI is InChI=1S/C15H18N2O2/c1-3-17(4-2)15(18)10-7-13-5-8-14(9-6-13)19-12-11-16/h5-10H,3-4,12H2,1-2H3. The van der Waals surface area contributed by atoms with E-state index in [2.05, 4.69) is 0 Å². The van der Waals surface area contributed by atoms with Crippen molar-refractivity contribution >= 4 is 12.0 Å². The third kappa shape index (κ3) is 4.84. The first kappa shape index (κ1) is 14.8. The van der Waals surface area contributed by atoms with Crippen molar-refractivity contribution in [1.82, 2.24) is 4.90 Å². The molecule has 0 aliphatic heterocycles. The van der Waals surface area contributed by atoms with Crippen molar-refractivity contribution in [3.05, 3.63) is 35.9 Å². The molecule has 19 heavy (non-hydrogen) atoms. The first-order valence-corrected chi connectivity index (χ1v) is 6.28. The minimum atomic E-state index is 0.00908. The van der Waals surface area contributed by atoms with Gasteiger partial charge < -0.3 is 9.64 Å². The third-order valence-electron chi connectivity index (χ3n) is 2.68. The van der Waals surface area contributed by atoms with Gasteiger partial charge in [0.15, 0.2) is 6.61 Å². The number of amides is 1. The molecule has 100 valence electrons. The molecule has 1 rings (SSSR count). The molecule has 0 bridgehead atoms. The molecule has 1 aromatic rings. The van der Waals surface area contributed by atoms with E-state index in [-0.39, 0.29) is 12.5 Å². The second kappa shape index (κ2) is 7.93. The van der Waals surface area contributed by atoms with E-state index in [1.54, 1.807) is 29.2 Å². The zero-order valence-electron chi connectivity index (χ0n) is 11.3. The highest BCUT2D eigenvalue weighted by Crippen LogP contribution is 2.13. The zero-order chi connectivity index (χ0) is 14.1. The van der Waals surface area contributed by atoms with Crippen molar-refractivity contribution in [2.24, 2.45) is 0 Å². The van der Waals surface area contributed by atoms with Crippen LogP contribution in [0.15, 0.2) is 30.3 Å². The van der Waals surface area contributed by atoms with Crippen LogP contribution in [0.1, 0.15) is 19.4 Å². The molecule has 0 unspecified atom stereocenters. The lowest BCUT2D eigenvalue weighted by molar-refractivity contribution is -0.125. The lowest BCUT2D eigenvalue weighted by atomic mass is 10.2. The highest BCUT2D eigenvalue weighted by atomic mass is 16.5. The number of ether oxygens (including phenoxy) is 1. The van der Waals surface area contributed by atoms with Gasteiger partial charge in [-0.25, -0.2) is 0 Å². The highest BCUT2D eigenvalue weighted by Gasteiger charge is 2.04. The Balaban J connectivity index is 2.62. The monoisotopic (exact) mass is 258 g/mol. The molecule has 0 atom stereocenters. The van der Waals surface area contributed by atoms with Crippen LogP contribution in [0.4, 0.5) is 0 Å². The fourth-order valence-electron chi connectivity index (χ4n) is 1.60. The van der Waals surface area contributed by atoms with Gasteiger partial charge in [-0.3, -0.25) is 4.79 Å².